The Morgan fingerprint density at radius 2 is 1.79 bits per heavy atom. The van der Waals surface area contributed by atoms with Crippen molar-refractivity contribution in [3.8, 4) is 11.5 Å². The van der Waals surface area contributed by atoms with Crippen LogP contribution in [0.4, 0.5) is 0 Å². The van der Waals surface area contributed by atoms with Gasteiger partial charge < -0.3 is 9.47 Å². The molecule has 0 unspecified atom stereocenters. The smallest absolute Gasteiger partial charge is 0.241 e. The summed E-state index contributed by atoms with van der Waals surface area (Å²) in [7, 11) is -2.02. The topological polar surface area (TPSA) is 64.6 Å². The SMILES string of the molecule is CCOc1ccc(S(=O)(=O)N[C@@H](C)c2ccc(OC)cc2)cc1C. The third-order valence-corrected chi connectivity index (χ3v) is 5.24. The fraction of sp³-hybridized carbons (Fsp3) is 0.333. The number of sulfonamides is 1. The molecule has 0 aromatic heterocycles. The fourth-order valence-corrected chi connectivity index (χ4v) is 3.68. The molecule has 2 aromatic carbocycles. The average molecular weight is 349 g/mol. The molecule has 0 saturated carbocycles. The number of benzene rings is 2. The predicted octanol–water partition coefficient (Wildman–Crippen LogP) is 3.44. The van der Waals surface area contributed by atoms with Crippen LogP contribution < -0.4 is 14.2 Å². The van der Waals surface area contributed by atoms with Crippen molar-refractivity contribution >= 4 is 10.0 Å². The van der Waals surface area contributed by atoms with E-state index >= 15 is 0 Å². The molecule has 6 heteroatoms. The van der Waals surface area contributed by atoms with Crippen molar-refractivity contribution in [2.24, 2.45) is 0 Å². The molecule has 0 spiro atoms. The highest BCUT2D eigenvalue weighted by atomic mass is 32.2. The standard InChI is InChI=1S/C18H23NO4S/c1-5-23-18-11-10-17(12-13(18)2)24(20,21)19-14(3)15-6-8-16(22-4)9-7-15/h6-12,14,19H,5H2,1-4H3/t14-/m0/s1. The first-order valence-corrected chi connectivity index (χ1v) is 9.25. The zero-order chi connectivity index (χ0) is 17.7. The lowest BCUT2D eigenvalue weighted by Crippen LogP contribution is -2.27. The van der Waals surface area contributed by atoms with E-state index in [9.17, 15) is 8.42 Å². The van der Waals surface area contributed by atoms with Gasteiger partial charge in [0.25, 0.3) is 0 Å². The molecule has 0 radical (unpaired) electrons. The van der Waals surface area contributed by atoms with Crippen LogP contribution in [-0.4, -0.2) is 22.1 Å². The Bertz CT molecular complexity index is 785. The van der Waals surface area contributed by atoms with Crippen LogP contribution >= 0.6 is 0 Å². The van der Waals surface area contributed by atoms with Crippen molar-refractivity contribution in [1.29, 1.82) is 0 Å². The van der Waals surface area contributed by atoms with E-state index in [-0.39, 0.29) is 10.9 Å². The van der Waals surface area contributed by atoms with Crippen molar-refractivity contribution in [3.63, 3.8) is 0 Å². The summed E-state index contributed by atoms with van der Waals surface area (Å²) in [6, 6.07) is 11.8. The zero-order valence-electron chi connectivity index (χ0n) is 14.4. The predicted molar refractivity (Wildman–Crippen MR) is 94.1 cm³/mol. The molecule has 0 amide bonds. The molecule has 0 aliphatic rings. The average Bonchev–Trinajstić information content (AvgIpc) is 2.56. The molecule has 1 atom stereocenters. The quantitative estimate of drug-likeness (QED) is 0.832. The molecular formula is C18H23NO4S. The lowest BCUT2D eigenvalue weighted by Gasteiger charge is -2.16. The van der Waals surface area contributed by atoms with Gasteiger partial charge in [0.15, 0.2) is 0 Å². The van der Waals surface area contributed by atoms with E-state index < -0.39 is 10.0 Å². The third kappa shape index (κ3) is 4.27. The normalized spacial score (nSPS) is 12.7. The number of ether oxygens (including phenoxy) is 2. The van der Waals surface area contributed by atoms with E-state index in [0.717, 1.165) is 16.9 Å². The lowest BCUT2D eigenvalue weighted by atomic mass is 10.1. The Labute approximate surface area is 143 Å². The minimum atomic E-state index is -3.61. The van der Waals surface area contributed by atoms with Gasteiger partial charge in [-0.1, -0.05) is 12.1 Å². The molecule has 1 N–H and O–H groups in total. The fourth-order valence-electron chi connectivity index (χ4n) is 2.37. The Morgan fingerprint density at radius 1 is 1.12 bits per heavy atom. The van der Waals surface area contributed by atoms with E-state index in [4.69, 9.17) is 9.47 Å². The van der Waals surface area contributed by atoms with Gasteiger partial charge in [-0.3, -0.25) is 0 Å². The van der Waals surface area contributed by atoms with Crippen LogP contribution in [0, 0.1) is 6.92 Å². The zero-order valence-corrected chi connectivity index (χ0v) is 15.2. The second-order valence-corrected chi connectivity index (χ2v) is 7.19. The molecule has 0 heterocycles. The molecule has 2 aromatic rings. The summed E-state index contributed by atoms with van der Waals surface area (Å²) in [4.78, 5) is 0.226. The van der Waals surface area contributed by atoms with Crippen LogP contribution in [-0.2, 0) is 10.0 Å². The molecule has 0 saturated heterocycles. The van der Waals surface area contributed by atoms with Crippen molar-refractivity contribution in [3.05, 3.63) is 53.6 Å². The van der Waals surface area contributed by atoms with Crippen molar-refractivity contribution in [2.75, 3.05) is 13.7 Å². The van der Waals surface area contributed by atoms with E-state index in [0.29, 0.717) is 12.4 Å². The number of hydrogen-bond donors (Lipinski definition) is 1. The molecule has 5 nitrogen and oxygen atoms in total. The van der Waals surface area contributed by atoms with Gasteiger partial charge in [-0.15, -0.1) is 0 Å². The van der Waals surface area contributed by atoms with Gasteiger partial charge in [0.2, 0.25) is 10.0 Å². The van der Waals surface area contributed by atoms with Gasteiger partial charge in [-0.2, -0.15) is 0 Å². The Kier molecular flexibility index (Phi) is 5.85. The summed E-state index contributed by atoms with van der Waals surface area (Å²) in [5, 5.41) is 0. The number of hydrogen-bond acceptors (Lipinski definition) is 4. The van der Waals surface area contributed by atoms with Crippen molar-refractivity contribution in [2.45, 2.75) is 31.7 Å². The van der Waals surface area contributed by atoms with E-state index in [1.807, 2.05) is 26.0 Å². The molecule has 130 valence electrons. The summed E-state index contributed by atoms with van der Waals surface area (Å²) in [6.07, 6.45) is 0. The maximum absolute atomic E-state index is 12.6. The van der Waals surface area contributed by atoms with Gasteiger partial charge in [0, 0.05) is 6.04 Å². The van der Waals surface area contributed by atoms with Crippen LogP contribution in [0.25, 0.3) is 0 Å². The molecule has 2 rings (SSSR count). The molecule has 0 bridgehead atoms. The third-order valence-electron chi connectivity index (χ3n) is 3.70. The van der Waals surface area contributed by atoms with Gasteiger partial charge in [-0.05, 0) is 62.2 Å². The molecular weight excluding hydrogens is 326 g/mol. The maximum Gasteiger partial charge on any atom is 0.241 e. The number of rotatable bonds is 7. The first kappa shape index (κ1) is 18.3. The Balaban J connectivity index is 2.19. The molecule has 0 aliphatic carbocycles. The highest BCUT2D eigenvalue weighted by Crippen LogP contribution is 2.24. The van der Waals surface area contributed by atoms with E-state index in [2.05, 4.69) is 4.72 Å². The number of aryl methyl sites for hydroxylation is 1. The first-order valence-electron chi connectivity index (χ1n) is 7.77. The van der Waals surface area contributed by atoms with Crippen LogP contribution in [0.1, 0.15) is 31.0 Å². The maximum atomic E-state index is 12.6. The summed E-state index contributed by atoms with van der Waals surface area (Å²) in [5.41, 5.74) is 1.65. The lowest BCUT2D eigenvalue weighted by molar-refractivity contribution is 0.337. The van der Waals surface area contributed by atoms with Crippen LogP contribution in [0.15, 0.2) is 47.4 Å². The second kappa shape index (κ2) is 7.68. The Hall–Kier alpha value is -2.05. The molecule has 0 aliphatic heterocycles. The van der Waals surface area contributed by atoms with Gasteiger partial charge >= 0.3 is 0 Å². The first-order chi connectivity index (χ1) is 11.4. The monoisotopic (exact) mass is 349 g/mol. The van der Waals surface area contributed by atoms with E-state index in [1.165, 1.54) is 0 Å². The minimum Gasteiger partial charge on any atom is -0.497 e. The highest BCUT2D eigenvalue weighted by molar-refractivity contribution is 7.89. The summed E-state index contributed by atoms with van der Waals surface area (Å²) in [5.74, 6) is 1.43. The molecule has 0 fully saturated rings. The minimum absolute atomic E-state index is 0.226. The summed E-state index contributed by atoms with van der Waals surface area (Å²) < 4.78 is 38.4. The largest absolute Gasteiger partial charge is 0.497 e. The van der Waals surface area contributed by atoms with Crippen molar-refractivity contribution < 1.29 is 17.9 Å². The van der Waals surface area contributed by atoms with Crippen LogP contribution in [0.5, 0.6) is 11.5 Å². The Morgan fingerprint density at radius 3 is 2.33 bits per heavy atom. The van der Waals surface area contributed by atoms with Gasteiger partial charge in [0.1, 0.15) is 11.5 Å². The van der Waals surface area contributed by atoms with Gasteiger partial charge in [-0.25, -0.2) is 13.1 Å². The van der Waals surface area contributed by atoms with E-state index in [1.54, 1.807) is 44.4 Å². The second-order valence-electron chi connectivity index (χ2n) is 5.48. The number of methoxy groups -OCH3 is 1. The number of nitrogens with one attached hydrogen (secondary N) is 1. The summed E-state index contributed by atoms with van der Waals surface area (Å²) >= 11 is 0. The highest BCUT2D eigenvalue weighted by Gasteiger charge is 2.19. The van der Waals surface area contributed by atoms with Crippen LogP contribution in [0.3, 0.4) is 0 Å². The summed E-state index contributed by atoms with van der Waals surface area (Å²) in [6.45, 7) is 6.07. The van der Waals surface area contributed by atoms with Gasteiger partial charge in [0.05, 0.1) is 18.6 Å². The molecule has 24 heavy (non-hydrogen) atoms. The van der Waals surface area contributed by atoms with Crippen molar-refractivity contribution in [1.82, 2.24) is 4.72 Å². The van der Waals surface area contributed by atoms with Crippen LogP contribution in [0.2, 0.25) is 0 Å².